The molecule has 0 fully saturated rings. The van der Waals surface area contributed by atoms with Crippen LogP contribution < -0.4 is 10.5 Å². The Kier molecular flexibility index (Phi) is 5.64. The highest BCUT2D eigenvalue weighted by molar-refractivity contribution is 7.99. The molecule has 0 amide bonds. The minimum atomic E-state index is -2.01. The molecule has 0 bridgehead atoms. The molecule has 0 heterocycles. The standard InChI is InChI=1S/C17H18ClNO4S/c1-17(22,16(20)21)15(10-3-6-12(23-2)7-4-10)24-14-9-11(18)5-8-13(14)19/h3-9,15,22H,19H2,1-2H3,(H,20,21)/t15-,17+/m0/s1. The van der Waals surface area contributed by atoms with Crippen LogP contribution in [-0.4, -0.2) is 28.9 Å². The summed E-state index contributed by atoms with van der Waals surface area (Å²) in [6.45, 7) is 1.26. The first-order valence-electron chi connectivity index (χ1n) is 7.07. The molecule has 5 nitrogen and oxygen atoms in total. The van der Waals surface area contributed by atoms with Crippen LogP contribution in [0, 0.1) is 0 Å². The topological polar surface area (TPSA) is 92.8 Å². The SMILES string of the molecule is COc1ccc([C@H](Sc2cc(Cl)ccc2N)[C@@](C)(O)C(=O)O)cc1. The normalized spacial score (nSPS) is 14.7. The van der Waals surface area contributed by atoms with Crippen molar-refractivity contribution in [2.45, 2.75) is 22.7 Å². The maximum Gasteiger partial charge on any atom is 0.336 e. The number of rotatable bonds is 6. The molecule has 0 aliphatic rings. The van der Waals surface area contributed by atoms with E-state index in [9.17, 15) is 15.0 Å². The van der Waals surface area contributed by atoms with Gasteiger partial charge in [0.15, 0.2) is 5.60 Å². The number of nitrogens with two attached hydrogens (primary N) is 1. The molecular formula is C17H18ClNO4S. The molecule has 0 radical (unpaired) electrons. The number of carboxylic acids is 1. The molecule has 128 valence electrons. The number of thioether (sulfide) groups is 1. The van der Waals surface area contributed by atoms with Gasteiger partial charge in [0.25, 0.3) is 0 Å². The molecule has 0 saturated carbocycles. The third-order valence-electron chi connectivity index (χ3n) is 3.58. The third kappa shape index (κ3) is 3.95. The number of methoxy groups -OCH3 is 1. The Labute approximate surface area is 149 Å². The molecule has 0 spiro atoms. The van der Waals surface area contributed by atoms with Crippen molar-refractivity contribution in [2.24, 2.45) is 0 Å². The van der Waals surface area contributed by atoms with E-state index >= 15 is 0 Å². The number of halogens is 1. The second-order valence-electron chi connectivity index (χ2n) is 5.41. The van der Waals surface area contributed by atoms with Crippen LogP contribution in [0.3, 0.4) is 0 Å². The summed E-state index contributed by atoms with van der Waals surface area (Å²) in [5, 5.41) is 19.6. The van der Waals surface area contributed by atoms with Crippen LogP contribution in [0.4, 0.5) is 5.69 Å². The Hall–Kier alpha value is -1.89. The van der Waals surface area contributed by atoms with E-state index in [1.807, 2.05) is 0 Å². The summed E-state index contributed by atoms with van der Waals surface area (Å²) in [5.41, 5.74) is 5.04. The molecule has 0 aliphatic heterocycles. The number of ether oxygens (including phenoxy) is 1. The summed E-state index contributed by atoms with van der Waals surface area (Å²) in [6, 6.07) is 11.8. The third-order valence-corrected chi connectivity index (χ3v) is 5.39. The number of nitrogen functional groups attached to an aromatic ring is 1. The highest BCUT2D eigenvalue weighted by Crippen LogP contribution is 2.45. The fourth-order valence-corrected chi connectivity index (χ4v) is 3.65. The summed E-state index contributed by atoms with van der Waals surface area (Å²) in [6.07, 6.45) is 0. The Morgan fingerprint density at radius 1 is 1.29 bits per heavy atom. The molecule has 7 heteroatoms. The molecule has 2 rings (SSSR count). The highest BCUT2D eigenvalue weighted by Gasteiger charge is 2.41. The van der Waals surface area contributed by atoms with Gasteiger partial charge in [-0.15, -0.1) is 11.8 Å². The van der Waals surface area contributed by atoms with Crippen molar-refractivity contribution in [3.8, 4) is 5.75 Å². The van der Waals surface area contributed by atoms with Gasteiger partial charge in [0.05, 0.1) is 12.4 Å². The average Bonchev–Trinajstić information content (AvgIpc) is 2.55. The molecule has 2 aromatic rings. The minimum absolute atomic E-state index is 0.462. The van der Waals surface area contributed by atoms with Gasteiger partial charge in [0, 0.05) is 15.6 Å². The minimum Gasteiger partial charge on any atom is -0.497 e. The first-order chi connectivity index (χ1) is 11.3. The van der Waals surface area contributed by atoms with Crippen LogP contribution in [0.25, 0.3) is 0 Å². The van der Waals surface area contributed by atoms with E-state index in [0.29, 0.717) is 26.9 Å². The van der Waals surface area contributed by atoms with Crippen LogP contribution in [0.5, 0.6) is 5.75 Å². The lowest BCUT2D eigenvalue weighted by Crippen LogP contribution is -2.40. The van der Waals surface area contributed by atoms with Gasteiger partial charge in [-0.2, -0.15) is 0 Å². The zero-order chi connectivity index (χ0) is 17.9. The van der Waals surface area contributed by atoms with Crippen molar-refractivity contribution in [1.29, 1.82) is 0 Å². The molecule has 0 saturated heterocycles. The van der Waals surface area contributed by atoms with Gasteiger partial charge in [0.1, 0.15) is 5.75 Å². The van der Waals surface area contributed by atoms with E-state index < -0.39 is 16.8 Å². The maximum absolute atomic E-state index is 11.6. The van der Waals surface area contributed by atoms with Crippen molar-refractivity contribution in [1.82, 2.24) is 0 Å². The molecule has 24 heavy (non-hydrogen) atoms. The van der Waals surface area contributed by atoms with Crippen LogP contribution in [0.1, 0.15) is 17.7 Å². The van der Waals surface area contributed by atoms with Crippen LogP contribution in [0.15, 0.2) is 47.4 Å². The van der Waals surface area contributed by atoms with Gasteiger partial charge in [-0.3, -0.25) is 0 Å². The Bertz CT molecular complexity index is 734. The number of carboxylic acid groups (broad SMARTS) is 1. The van der Waals surface area contributed by atoms with Gasteiger partial charge in [0.2, 0.25) is 0 Å². The molecule has 0 aliphatic carbocycles. The number of carbonyl (C=O) groups is 1. The monoisotopic (exact) mass is 367 g/mol. The molecule has 2 atom stereocenters. The molecule has 0 unspecified atom stereocenters. The van der Waals surface area contributed by atoms with E-state index in [2.05, 4.69) is 0 Å². The fourth-order valence-electron chi connectivity index (χ4n) is 2.14. The zero-order valence-corrected chi connectivity index (χ0v) is 14.8. The second kappa shape index (κ2) is 7.34. The van der Waals surface area contributed by atoms with Crippen molar-refractivity contribution in [3.05, 3.63) is 53.1 Å². The molecular weight excluding hydrogens is 350 g/mol. The Morgan fingerprint density at radius 3 is 2.46 bits per heavy atom. The smallest absolute Gasteiger partial charge is 0.336 e. The predicted molar refractivity (Wildman–Crippen MR) is 95.7 cm³/mol. The average molecular weight is 368 g/mol. The molecule has 4 N–H and O–H groups in total. The number of hydrogen-bond acceptors (Lipinski definition) is 5. The number of hydrogen-bond donors (Lipinski definition) is 3. The van der Waals surface area contributed by atoms with Gasteiger partial charge in [-0.05, 0) is 42.8 Å². The first kappa shape index (κ1) is 18.4. The number of aliphatic hydroxyl groups is 1. The van der Waals surface area contributed by atoms with Gasteiger partial charge in [-0.1, -0.05) is 23.7 Å². The largest absolute Gasteiger partial charge is 0.497 e. The lowest BCUT2D eigenvalue weighted by molar-refractivity contribution is -0.156. The zero-order valence-electron chi connectivity index (χ0n) is 13.2. The first-order valence-corrected chi connectivity index (χ1v) is 8.33. The van der Waals surface area contributed by atoms with Crippen molar-refractivity contribution in [3.63, 3.8) is 0 Å². The van der Waals surface area contributed by atoms with Crippen LogP contribution in [0.2, 0.25) is 5.02 Å². The lowest BCUT2D eigenvalue weighted by Gasteiger charge is -2.29. The predicted octanol–water partition coefficient (Wildman–Crippen LogP) is 3.60. The van der Waals surface area contributed by atoms with E-state index in [4.69, 9.17) is 22.1 Å². The Balaban J connectivity index is 2.46. The van der Waals surface area contributed by atoms with Crippen molar-refractivity contribution >= 4 is 35.0 Å². The van der Waals surface area contributed by atoms with Gasteiger partial charge >= 0.3 is 5.97 Å². The number of anilines is 1. The van der Waals surface area contributed by atoms with Crippen LogP contribution >= 0.6 is 23.4 Å². The number of aliphatic carboxylic acids is 1. The lowest BCUT2D eigenvalue weighted by atomic mass is 9.96. The van der Waals surface area contributed by atoms with Gasteiger partial charge < -0.3 is 20.7 Å². The molecule has 0 aromatic heterocycles. The van der Waals surface area contributed by atoms with E-state index in [-0.39, 0.29) is 0 Å². The summed E-state index contributed by atoms with van der Waals surface area (Å²) in [7, 11) is 1.54. The van der Waals surface area contributed by atoms with Gasteiger partial charge in [-0.25, -0.2) is 4.79 Å². The summed E-state index contributed by atoms with van der Waals surface area (Å²) < 4.78 is 5.11. The highest BCUT2D eigenvalue weighted by atomic mass is 35.5. The van der Waals surface area contributed by atoms with E-state index in [1.54, 1.807) is 49.6 Å². The maximum atomic E-state index is 11.6. The van der Waals surface area contributed by atoms with E-state index in [1.165, 1.54) is 6.92 Å². The summed E-state index contributed by atoms with van der Waals surface area (Å²) >= 11 is 7.15. The van der Waals surface area contributed by atoms with E-state index in [0.717, 1.165) is 11.8 Å². The fraction of sp³-hybridized carbons (Fsp3) is 0.235. The summed E-state index contributed by atoms with van der Waals surface area (Å²) in [4.78, 5) is 12.2. The van der Waals surface area contributed by atoms with Crippen molar-refractivity contribution in [2.75, 3.05) is 12.8 Å². The number of benzene rings is 2. The van der Waals surface area contributed by atoms with Crippen molar-refractivity contribution < 1.29 is 19.7 Å². The summed E-state index contributed by atoms with van der Waals surface area (Å²) in [5.74, 6) is -0.684. The quantitative estimate of drug-likeness (QED) is 0.533. The molecule has 2 aromatic carbocycles. The van der Waals surface area contributed by atoms with Crippen LogP contribution in [-0.2, 0) is 4.79 Å². The second-order valence-corrected chi connectivity index (χ2v) is 6.99. The Morgan fingerprint density at radius 2 is 1.92 bits per heavy atom.